The molecule has 0 bridgehead atoms. The molecule has 1 atom stereocenters. The van der Waals surface area contributed by atoms with Crippen molar-refractivity contribution >= 4 is 17.3 Å². The van der Waals surface area contributed by atoms with Gasteiger partial charge in [-0.1, -0.05) is 6.92 Å². The first-order chi connectivity index (χ1) is 9.54. The van der Waals surface area contributed by atoms with Gasteiger partial charge in [0.05, 0.1) is 11.5 Å². The van der Waals surface area contributed by atoms with Crippen molar-refractivity contribution in [2.24, 2.45) is 5.84 Å². The number of ether oxygens (including phenoxy) is 1. The van der Waals surface area contributed by atoms with E-state index in [1.165, 1.54) is 12.1 Å². The predicted octanol–water partition coefficient (Wildman–Crippen LogP) is 1.53. The lowest BCUT2D eigenvalue weighted by Crippen LogP contribution is -2.36. The normalized spacial score (nSPS) is 12.0. The smallest absolute Gasteiger partial charge is 0.311 e. The lowest BCUT2D eigenvalue weighted by molar-refractivity contribution is -0.384. The average Bonchev–Trinajstić information content (AvgIpc) is 2.46. The molecule has 3 N–H and O–H groups in total. The number of pyridine rings is 1. The van der Waals surface area contributed by atoms with Gasteiger partial charge in [0.2, 0.25) is 5.82 Å². The highest BCUT2D eigenvalue weighted by Crippen LogP contribution is 2.29. The molecule has 1 aromatic rings. The van der Waals surface area contributed by atoms with Gasteiger partial charge in [0.1, 0.15) is 5.82 Å². The third kappa shape index (κ3) is 3.78. The molecular formula is C12H21N5O3. The molecule has 1 aromatic heterocycles. The molecule has 0 amide bonds. The summed E-state index contributed by atoms with van der Waals surface area (Å²) in [5.74, 6) is 6.02. The quantitative estimate of drug-likeness (QED) is 0.423. The highest BCUT2D eigenvalue weighted by atomic mass is 16.6. The van der Waals surface area contributed by atoms with Crippen molar-refractivity contribution in [1.29, 1.82) is 0 Å². The number of nitro groups is 1. The topological polar surface area (TPSA) is 107 Å². The zero-order valence-corrected chi connectivity index (χ0v) is 12.0. The molecule has 20 heavy (non-hydrogen) atoms. The Labute approximate surface area is 118 Å². The fourth-order valence-corrected chi connectivity index (χ4v) is 1.82. The van der Waals surface area contributed by atoms with Gasteiger partial charge in [-0.25, -0.2) is 10.8 Å². The van der Waals surface area contributed by atoms with E-state index in [1.807, 2.05) is 18.7 Å². The third-order valence-electron chi connectivity index (χ3n) is 3.13. The maximum absolute atomic E-state index is 11.2. The molecule has 1 unspecified atom stereocenters. The highest BCUT2D eigenvalue weighted by Gasteiger charge is 2.24. The number of nitrogens with two attached hydrogens (primary N) is 1. The molecular weight excluding hydrogens is 262 g/mol. The number of nitrogen functional groups attached to an aromatic ring is 1. The second-order valence-electron chi connectivity index (χ2n) is 4.38. The van der Waals surface area contributed by atoms with Crippen molar-refractivity contribution < 1.29 is 9.66 Å². The lowest BCUT2D eigenvalue weighted by atomic mass is 10.2. The summed E-state index contributed by atoms with van der Waals surface area (Å²) in [4.78, 5) is 16.8. The molecule has 0 spiro atoms. The van der Waals surface area contributed by atoms with E-state index in [-0.39, 0.29) is 11.7 Å². The fraction of sp³-hybridized carbons (Fsp3) is 0.583. The van der Waals surface area contributed by atoms with Gasteiger partial charge in [-0.05, 0) is 19.4 Å². The zero-order valence-electron chi connectivity index (χ0n) is 12.0. The number of nitrogens with one attached hydrogen (secondary N) is 1. The summed E-state index contributed by atoms with van der Waals surface area (Å²) in [6, 6.07) is 2.98. The van der Waals surface area contributed by atoms with Gasteiger partial charge in [-0.2, -0.15) is 0 Å². The van der Waals surface area contributed by atoms with Gasteiger partial charge in [-0.3, -0.25) is 10.1 Å². The summed E-state index contributed by atoms with van der Waals surface area (Å²) in [5, 5.41) is 11.2. The summed E-state index contributed by atoms with van der Waals surface area (Å²) in [6.45, 7) is 4.99. The molecule has 8 nitrogen and oxygen atoms in total. The molecule has 1 rings (SSSR count). The van der Waals surface area contributed by atoms with Gasteiger partial charge in [0.25, 0.3) is 0 Å². The summed E-state index contributed by atoms with van der Waals surface area (Å²) in [6.07, 6.45) is 0.836. The number of nitrogens with zero attached hydrogens (tertiary/aromatic N) is 3. The maximum atomic E-state index is 11.2. The molecule has 112 valence electrons. The number of anilines is 2. The Morgan fingerprint density at radius 2 is 2.30 bits per heavy atom. The van der Waals surface area contributed by atoms with Crippen LogP contribution in [0.25, 0.3) is 0 Å². The molecule has 0 fully saturated rings. The van der Waals surface area contributed by atoms with E-state index in [9.17, 15) is 10.1 Å². The summed E-state index contributed by atoms with van der Waals surface area (Å²) < 4.78 is 5.07. The minimum absolute atomic E-state index is 0.0413. The molecule has 0 aromatic carbocycles. The van der Waals surface area contributed by atoms with Crippen LogP contribution in [0.2, 0.25) is 0 Å². The van der Waals surface area contributed by atoms with E-state index in [0.29, 0.717) is 24.8 Å². The van der Waals surface area contributed by atoms with E-state index in [0.717, 1.165) is 6.42 Å². The first kappa shape index (κ1) is 16.1. The van der Waals surface area contributed by atoms with Crippen molar-refractivity contribution in [2.75, 3.05) is 30.6 Å². The highest BCUT2D eigenvalue weighted by molar-refractivity contribution is 5.62. The van der Waals surface area contributed by atoms with E-state index in [1.54, 1.807) is 7.11 Å². The van der Waals surface area contributed by atoms with Crippen molar-refractivity contribution in [1.82, 2.24) is 4.98 Å². The van der Waals surface area contributed by atoms with Crippen molar-refractivity contribution in [3.8, 4) is 0 Å². The van der Waals surface area contributed by atoms with Crippen LogP contribution in [0.5, 0.6) is 0 Å². The van der Waals surface area contributed by atoms with Gasteiger partial charge in [-0.15, -0.1) is 0 Å². The first-order valence-corrected chi connectivity index (χ1v) is 6.42. The number of rotatable bonds is 8. The Bertz CT molecular complexity index is 455. The molecule has 8 heteroatoms. The summed E-state index contributed by atoms with van der Waals surface area (Å²) in [7, 11) is 1.59. The molecule has 0 saturated carbocycles. The second-order valence-corrected chi connectivity index (χ2v) is 4.38. The van der Waals surface area contributed by atoms with Crippen LogP contribution in [0.3, 0.4) is 0 Å². The standard InChI is InChI=1S/C12H21N5O3/c1-4-9(2)16(7-8-20-3)12-10(17(18)19)5-6-11(14-12)15-13/h5-6,9H,4,7-8,13H2,1-3H3,(H,14,15). The van der Waals surface area contributed by atoms with Gasteiger partial charge >= 0.3 is 5.69 Å². The van der Waals surface area contributed by atoms with Crippen LogP contribution in [0.4, 0.5) is 17.3 Å². The van der Waals surface area contributed by atoms with E-state index >= 15 is 0 Å². The van der Waals surface area contributed by atoms with Gasteiger partial charge in [0.15, 0.2) is 0 Å². The van der Waals surface area contributed by atoms with Crippen LogP contribution < -0.4 is 16.2 Å². The van der Waals surface area contributed by atoms with Crippen molar-refractivity contribution in [3.63, 3.8) is 0 Å². The molecule has 0 saturated heterocycles. The number of hydrazine groups is 1. The molecule has 0 aliphatic rings. The van der Waals surface area contributed by atoms with Crippen LogP contribution in [-0.2, 0) is 4.74 Å². The van der Waals surface area contributed by atoms with Crippen LogP contribution in [0.15, 0.2) is 12.1 Å². The number of hydrogen-bond donors (Lipinski definition) is 2. The van der Waals surface area contributed by atoms with E-state index in [4.69, 9.17) is 10.6 Å². The molecule has 0 radical (unpaired) electrons. The Morgan fingerprint density at radius 3 is 2.80 bits per heavy atom. The van der Waals surface area contributed by atoms with E-state index in [2.05, 4.69) is 10.4 Å². The Balaban J connectivity index is 3.23. The molecule has 0 aliphatic carbocycles. The molecule has 0 aliphatic heterocycles. The number of methoxy groups -OCH3 is 1. The van der Waals surface area contributed by atoms with Crippen molar-refractivity contribution in [2.45, 2.75) is 26.3 Å². The number of aromatic nitrogens is 1. The second kappa shape index (κ2) is 7.61. The van der Waals surface area contributed by atoms with Gasteiger partial charge < -0.3 is 15.1 Å². The SMILES string of the molecule is CCC(C)N(CCOC)c1nc(NN)ccc1[N+](=O)[O-]. The number of hydrogen-bond acceptors (Lipinski definition) is 7. The maximum Gasteiger partial charge on any atom is 0.311 e. The van der Waals surface area contributed by atoms with Crippen LogP contribution >= 0.6 is 0 Å². The minimum atomic E-state index is -0.440. The van der Waals surface area contributed by atoms with Crippen LogP contribution in [0.1, 0.15) is 20.3 Å². The zero-order chi connectivity index (χ0) is 15.1. The lowest BCUT2D eigenvalue weighted by Gasteiger charge is -2.29. The average molecular weight is 283 g/mol. The predicted molar refractivity (Wildman–Crippen MR) is 77.7 cm³/mol. The summed E-state index contributed by atoms with van der Waals surface area (Å²) in [5.41, 5.74) is 2.37. The first-order valence-electron chi connectivity index (χ1n) is 6.42. The fourth-order valence-electron chi connectivity index (χ4n) is 1.82. The molecule has 1 heterocycles. The minimum Gasteiger partial charge on any atom is -0.383 e. The van der Waals surface area contributed by atoms with Crippen LogP contribution in [-0.4, -0.2) is 36.2 Å². The Morgan fingerprint density at radius 1 is 1.60 bits per heavy atom. The van der Waals surface area contributed by atoms with Crippen LogP contribution in [0, 0.1) is 10.1 Å². The Hall–Kier alpha value is -1.93. The summed E-state index contributed by atoms with van der Waals surface area (Å²) >= 11 is 0. The Kier molecular flexibility index (Phi) is 6.13. The van der Waals surface area contributed by atoms with Crippen molar-refractivity contribution in [3.05, 3.63) is 22.2 Å². The largest absolute Gasteiger partial charge is 0.383 e. The monoisotopic (exact) mass is 283 g/mol. The van der Waals surface area contributed by atoms with E-state index < -0.39 is 4.92 Å². The third-order valence-corrected chi connectivity index (χ3v) is 3.13. The van der Waals surface area contributed by atoms with Gasteiger partial charge in [0, 0.05) is 25.8 Å².